The largest absolute Gasteiger partial charge is 0.390 e. The van der Waals surface area contributed by atoms with Gasteiger partial charge in [-0.1, -0.05) is 59.7 Å². The second-order valence-corrected chi connectivity index (χ2v) is 4.71. The number of hydrogen-bond acceptors (Lipinski definition) is 4. The van der Waals surface area contributed by atoms with Gasteiger partial charge in [0.25, 0.3) is 0 Å². The first-order valence-electron chi connectivity index (χ1n) is 6.71. The first-order chi connectivity index (χ1) is 10.6. The summed E-state index contributed by atoms with van der Waals surface area (Å²) in [5.41, 5.74) is 9.37. The van der Waals surface area contributed by atoms with Crippen LogP contribution in [0.2, 0.25) is 0 Å². The van der Waals surface area contributed by atoms with E-state index in [-0.39, 0.29) is 12.3 Å². The number of nitrogens with zero attached hydrogens (tertiary/aromatic N) is 3. The number of aliphatic hydroxyl groups is 2. The molecule has 0 aromatic heterocycles. The molecule has 6 nitrogen and oxygen atoms in total. The average molecular weight is 297 g/mol. The van der Waals surface area contributed by atoms with Crippen LogP contribution in [0.25, 0.3) is 10.4 Å². The van der Waals surface area contributed by atoms with Crippen molar-refractivity contribution < 1.29 is 15.0 Å². The summed E-state index contributed by atoms with van der Waals surface area (Å²) in [5, 5.41) is 23.3. The first kappa shape index (κ1) is 15.7. The lowest BCUT2D eigenvalue weighted by Crippen LogP contribution is -2.23. The molecule has 2 unspecified atom stereocenters. The van der Waals surface area contributed by atoms with E-state index in [1.54, 1.807) is 54.6 Å². The van der Waals surface area contributed by atoms with Gasteiger partial charge in [0, 0.05) is 16.0 Å². The second kappa shape index (κ2) is 7.38. The lowest BCUT2D eigenvalue weighted by atomic mass is 9.93. The molecule has 0 radical (unpaired) electrons. The normalized spacial score (nSPS) is 13.0. The minimum absolute atomic E-state index is 0.244. The number of carbonyl (C=O) groups is 1. The van der Waals surface area contributed by atoms with E-state index in [1.165, 1.54) is 0 Å². The van der Waals surface area contributed by atoms with Crippen molar-refractivity contribution in [3.63, 3.8) is 0 Å². The summed E-state index contributed by atoms with van der Waals surface area (Å²) in [5.74, 6) is -0.244. The molecular weight excluding hydrogens is 282 g/mol. The third-order valence-corrected chi connectivity index (χ3v) is 3.26. The van der Waals surface area contributed by atoms with Crippen molar-refractivity contribution in [3.8, 4) is 0 Å². The molecule has 2 aromatic rings. The van der Waals surface area contributed by atoms with Crippen LogP contribution in [-0.4, -0.2) is 28.6 Å². The van der Waals surface area contributed by atoms with E-state index in [1.807, 2.05) is 0 Å². The molecule has 0 spiro atoms. The zero-order valence-corrected chi connectivity index (χ0v) is 11.7. The van der Waals surface area contributed by atoms with Crippen LogP contribution in [-0.2, 0) is 0 Å². The van der Waals surface area contributed by atoms with E-state index in [4.69, 9.17) is 5.53 Å². The topological polar surface area (TPSA) is 106 Å². The lowest BCUT2D eigenvalue weighted by molar-refractivity contribution is 0.0239. The molecule has 0 heterocycles. The highest BCUT2D eigenvalue weighted by molar-refractivity contribution is 6.09. The van der Waals surface area contributed by atoms with E-state index in [0.717, 1.165) is 0 Å². The minimum atomic E-state index is -1.31. The van der Waals surface area contributed by atoms with Gasteiger partial charge in [-0.3, -0.25) is 4.79 Å². The van der Waals surface area contributed by atoms with Gasteiger partial charge in [-0.15, -0.1) is 0 Å². The number of carbonyl (C=O) groups excluding carboxylic acids is 1. The number of rotatable bonds is 6. The molecule has 22 heavy (non-hydrogen) atoms. The van der Waals surface area contributed by atoms with Gasteiger partial charge in [-0.2, -0.15) is 0 Å². The monoisotopic (exact) mass is 297 g/mol. The Kier molecular flexibility index (Phi) is 5.27. The van der Waals surface area contributed by atoms with Crippen LogP contribution in [0.4, 0.5) is 0 Å². The van der Waals surface area contributed by atoms with Crippen LogP contribution >= 0.6 is 0 Å². The predicted molar refractivity (Wildman–Crippen MR) is 81.3 cm³/mol. The third-order valence-electron chi connectivity index (χ3n) is 3.26. The molecule has 2 atom stereocenters. The molecule has 0 bridgehead atoms. The molecule has 112 valence electrons. The van der Waals surface area contributed by atoms with Crippen molar-refractivity contribution in [2.75, 3.05) is 6.54 Å². The van der Waals surface area contributed by atoms with Crippen molar-refractivity contribution in [1.29, 1.82) is 0 Å². The fraction of sp³-hybridized carbons (Fsp3) is 0.188. The van der Waals surface area contributed by atoms with E-state index < -0.39 is 12.2 Å². The van der Waals surface area contributed by atoms with Gasteiger partial charge < -0.3 is 10.2 Å². The zero-order chi connectivity index (χ0) is 15.9. The highest BCUT2D eigenvalue weighted by Gasteiger charge is 2.23. The average Bonchev–Trinajstić information content (AvgIpc) is 2.59. The molecule has 0 aliphatic heterocycles. The summed E-state index contributed by atoms with van der Waals surface area (Å²) in [4.78, 5) is 15.1. The molecule has 0 aliphatic carbocycles. The fourth-order valence-electron chi connectivity index (χ4n) is 2.13. The Morgan fingerprint density at radius 2 is 1.73 bits per heavy atom. The Bertz CT molecular complexity index is 697. The Morgan fingerprint density at radius 3 is 2.41 bits per heavy atom. The van der Waals surface area contributed by atoms with Gasteiger partial charge in [0.2, 0.25) is 0 Å². The number of azide groups is 1. The van der Waals surface area contributed by atoms with Crippen LogP contribution in [0.5, 0.6) is 0 Å². The van der Waals surface area contributed by atoms with E-state index in [2.05, 4.69) is 10.0 Å². The molecular formula is C16H15N3O3. The van der Waals surface area contributed by atoms with E-state index in [0.29, 0.717) is 16.7 Å². The number of benzene rings is 2. The Balaban J connectivity index is 2.34. The summed E-state index contributed by atoms with van der Waals surface area (Å²) in [7, 11) is 0. The molecule has 2 rings (SSSR count). The number of ketones is 1. The van der Waals surface area contributed by atoms with Crippen molar-refractivity contribution in [1.82, 2.24) is 0 Å². The van der Waals surface area contributed by atoms with E-state index >= 15 is 0 Å². The summed E-state index contributed by atoms with van der Waals surface area (Å²) < 4.78 is 0. The van der Waals surface area contributed by atoms with Gasteiger partial charge in [0.1, 0.15) is 6.10 Å². The Labute approximate surface area is 127 Å². The Hall–Kier alpha value is -2.66. The van der Waals surface area contributed by atoms with Crippen LogP contribution in [0.3, 0.4) is 0 Å². The lowest BCUT2D eigenvalue weighted by Gasteiger charge is -2.19. The van der Waals surface area contributed by atoms with Crippen molar-refractivity contribution in [3.05, 3.63) is 81.7 Å². The third kappa shape index (κ3) is 3.51. The van der Waals surface area contributed by atoms with Crippen molar-refractivity contribution in [2.24, 2.45) is 5.11 Å². The fourth-order valence-corrected chi connectivity index (χ4v) is 2.13. The van der Waals surface area contributed by atoms with Crippen molar-refractivity contribution >= 4 is 5.78 Å². The molecule has 2 aromatic carbocycles. The van der Waals surface area contributed by atoms with Gasteiger partial charge in [-0.05, 0) is 11.1 Å². The predicted octanol–water partition coefficient (Wildman–Crippen LogP) is 2.62. The van der Waals surface area contributed by atoms with Crippen LogP contribution in [0.1, 0.15) is 27.6 Å². The quantitative estimate of drug-likeness (QED) is 0.370. The maximum Gasteiger partial charge on any atom is 0.193 e. The Morgan fingerprint density at radius 1 is 1.09 bits per heavy atom. The SMILES string of the molecule is [N-]=[N+]=NCC(O)C(O)c1ccccc1C(=O)c1ccccc1. The van der Waals surface area contributed by atoms with Gasteiger partial charge in [0.05, 0.1) is 12.6 Å². The molecule has 0 fully saturated rings. The van der Waals surface area contributed by atoms with E-state index in [9.17, 15) is 15.0 Å². The molecule has 0 saturated heterocycles. The summed E-state index contributed by atoms with van der Waals surface area (Å²) >= 11 is 0. The molecule has 0 amide bonds. The minimum Gasteiger partial charge on any atom is -0.390 e. The van der Waals surface area contributed by atoms with Gasteiger partial charge >= 0.3 is 0 Å². The number of hydrogen-bond donors (Lipinski definition) is 2. The first-order valence-corrected chi connectivity index (χ1v) is 6.71. The highest BCUT2D eigenvalue weighted by atomic mass is 16.3. The summed E-state index contributed by atoms with van der Waals surface area (Å²) in [6.45, 7) is -0.272. The van der Waals surface area contributed by atoms with Crippen molar-refractivity contribution in [2.45, 2.75) is 12.2 Å². The standard InChI is InChI=1S/C16H15N3O3/c17-19-18-10-14(20)16(22)13-9-5-4-8-12(13)15(21)11-6-2-1-3-7-11/h1-9,14,16,20,22H,10H2. The smallest absolute Gasteiger partial charge is 0.193 e. The second-order valence-electron chi connectivity index (χ2n) is 4.71. The van der Waals surface area contributed by atoms with Crippen LogP contribution in [0, 0.1) is 0 Å². The summed E-state index contributed by atoms with van der Waals surface area (Å²) in [6.07, 6.45) is -2.59. The molecule has 6 heteroatoms. The van der Waals surface area contributed by atoms with Gasteiger partial charge in [-0.25, -0.2) is 0 Å². The van der Waals surface area contributed by atoms with Gasteiger partial charge in [0.15, 0.2) is 5.78 Å². The maximum absolute atomic E-state index is 12.5. The molecule has 0 saturated carbocycles. The molecule has 0 aliphatic rings. The molecule has 2 N–H and O–H groups in total. The zero-order valence-electron chi connectivity index (χ0n) is 11.7. The highest BCUT2D eigenvalue weighted by Crippen LogP contribution is 2.23. The van der Waals surface area contributed by atoms with Crippen LogP contribution < -0.4 is 0 Å². The number of aliphatic hydroxyl groups excluding tert-OH is 2. The maximum atomic E-state index is 12.5. The summed E-state index contributed by atoms with van der Waals surface area (Å²) in [6, 6.07) is 15.2. The van der Waals surface area contributed by atoms with Crippen LogP contribution in [0.15, 0.2) is 59.7 Å².